The first-order chi connectivity index (χ1) is 16.4. The van der Waals surface area contributed by atoms with Gasteiger partial charge in [-0.15, -0.1) is 0 Å². The molecule has 2 aliphatic heterocycles. The monoisotopic (exact) mass is 503 g/mol. The topological polar surface area (TPSA) is 81.6 Å². The number of carboxylic acid groups (broad SMARTS) is 1. The molecule has 0 bridgehead atoms. The molecule has 2 N–H and O–H groups in total. The second-order valence-corrected chi connectivity index (χ2v) is 9.08. The van der Waals surface area contributed by atoms with E-state index in [1.807, 2.05) is 29.2 Å². The molecule has 1 aromatic carbocycles. The van der Waals surface area contributed by atoms with Gasteiger partial charge in [-0.1, -0.05) is 12.1 Å². The smallest absolute Gasteiger partial charge is 0.475 e. The molecule has 194 valence electrons. The van der Waals surface area contributed by atoms with Gasteiger partial charge in [-0.25, -0.2) is 18.6 Å². The number of hydrogen-bond acceptors (Lipinski definition) is 6. The van der Waals surface area contributed by atoms with Gasteiger partial charge in [-0.05, 0) is 38.8 Å². The number of carboxylic acids is 1. The average molecular weight is 504 g/mol. The van der Waals surface area contributed by atoms with Gasteiger partial charge >= 0.3 is 12.1 Å². The molecule has 0 amide bonds. The normalized spacial score (nSPS) is 19.4. The van der Waals surface area contributed by atoms with E-state index in [4.69, 9.17) is 14.9 Å². The number of hydrogen-bond donors (Lipinski definition) is 2. The minimum atomic E-state index is -5.08. The van der Waals surface area contributed by atoms with Crippen LogP contribution in [0.4, 0.5) is 33.7 Å². The predicted molar refractivity (Wildman–Crippen MR) is 123 cm³/mol. The summed E-state index contributed by atoms with van der Waals surface area (Å²) in [7, 11) is 0. The number of anilines is 2. The maximum atomic E-state index is 13.5. The fraction of sp³-hybridized carbons (Fsp3) is 0.609. The first kappa shape index (κ1) is 26.8. The lowest BCUT2D eigenvalue weighted by Gasteiger charge is -2.35. The van der Waals surface area contributed by atoms with Gasteiger partial charge in [0.15, 0.2) is 0 Å². The quantitative estimate of drug-likeness (QED) is 0.581. The van der Waals surface area contributed by atoms with Gasteiger partial charge in [0, 0.05) is 56.5 Å². The third-order valence-electron chi connectivity index (χ3n) is 6.21. The van der Waals surface area contributed by atoms with Crippen LogP contribution in [0, 0.1) is 0 Å². The van der Waals surface area contributed by atoms with Gasteiger partial charge in [0.2, 0.25) is 5.95 Å². The van der Waals surface area contributed by atoms with Crippen LogP contribution >= 0.6 is 0 Å². The third-order valence-corrected chi connectivity index (χ3v) is 6.21. The van der Waals surface area contributed by atoms with Crippen molar-refractivity contribution in [3.05, 3.63) is 24.3 Å². The summed E-state index contributed by atoms with van der Waals surface area (Å²) in [5.41, 5.74) is 0.854. The molecule has 35 heavy (non-hydrogen) atoms. The Morgan fingerprint density at radius 2 is 1.66 bits per heavy atom. The molecular formula is C23H30F5N5O2. The van der Waals surface area contributed by atoms with E-state index in [1.165, 1.54) is 0 Å². The number of nitrogens with one attached hydrogen (secondary N) is 1. The Hall–Kier alpha value is -2.76. The Morgan fingerprint density at radius 3 is 2.20 bits per heavy atom. The standard InChI is InChI=1S/C21H29F2N5.C2HF3O2/c1-15(2)27-11-7-16(8-12-27)24-19-17-5-3-4-6-18(17)25-20(26-19)28-13-9-21(22,23)10-14-28;3-2(4,5)1(6)7/h3-6,15-16H,7-14H2,1-2H3,(H,24,25,26);(H,6,7). The zero-order valence-corrected chi connectivity index (χ0v) is 19.7. The summed E-state index contributed by atoms with van der Waals surface area (Å²) in [6.45, 7) is 7.20. The van der Waals surface area contributed by atoms with Gasteiger partial charge in [-0.2, -0.15) is 18.2 Å². The number of para-hydroxylation sites is 1. The molecule has 0 radical (unpaired) electrons. The predicted octanol–water partition coefficient (Wildman–Crippen LogP) is 4.78. The minimum absolute atomic E-state index is 0.139. The van der Waals surface area contributed by atoms with E-state index in [1.54, 1.807) is 0 Å². The van der Waals surface area contributed by atoms with Crippen LogP contribution in [0.2, 0.25) is 0 Å². The van der Waals surface area contributed by atoms with Gasteiger partial charge < -0.3 is 20.2 Å². The van der Waals surface area contributed by atoms with Crippen molar-refractivity contribution in [2.24, 2.45) is 0 Å². The van der Waals surface area contributed by atoms with Crippen LogP contribution in [0.15, 0.2) is 24.3 Å². The van der Waals surface area contributed by atoms with Crippen LogP contribution in [-0.4, -0.2) is 76.3 Å². The zero-order chi connectivity index (χ0) is 25.8. The molecule has 3 heterocycles. The third kappa shape index (κ3) is 7.36. The summed E-state index contributed by atoms with van der Waals surface area (Å²) in [5, 5.41) is 11.7. The van der Waals surface area contributed by atoms with Crippen LogP contribution in [0.25, 0.3) is 10.9 Å². The van der Waals surface area contributed by atoms with Crippen molar-refractivity contribution < 1.29 is 31.9 Å². The largest absolute Gasteiger partial charge is 0.490 e. The van der Waals surface area contributed by atoms with E-state index < -0.39 is 18.1 Å². The molecule has 2 fully saturated rings. The van der Waals surface area contributed by atoms with Crippen LogP contribution < -0.4 is 10.2 Å². The average Bonchev–Trinajstić information content (AvgIpc) is 2.79. The molecule has 0 atom stereocenters. The van der Waals surface area contributed by atoms with Crippen LogP contribution in [-0.2, 0) is 4.79 Å². The summed E-state index contributed by atoms with van der Waals surface area (Å²) in [6.07, 6.45) is -3.22. The van der Waals surface area contributed by atoms with Crippen molar-refractivity contribution >= 4 is 28.6 Å². The fourth-order valence-corrected chi connectivity index (χ4v) is 4.10. The van der Waals surface area contributed by atoms with E-state index in [-0.39, 0.29) is 25.9 Å². The summed E-state index contributed by atoms with van der Waals surface area (Å²) >= 11 is 0. The molecule has 2 aliphatic rings. The second kappa shape index (κ2) is 10.9. The lowest BCUT2D eigenvalue weighted by atomic mass is 10.0. The number of benzene rings is 1. The molecule has 0 spiro atoms. The van der Waals surface area contributed by atoms with Gasteiger partial charge in [0.1, 0.15) is 5.82 Å². The van der Waals surface area contributed by atoms with Crippen LogP contribution in [0.3, 0.4) is 0 Å². The second-order valence-electron chi connectivity index (χ2n) is 9.08. The van der Waals surface area contributed by atoms with E-state index in [2.05, 4.69) is 29.0 Å². The molecule has 0 unspecified atom stereocenters. The Balaban J connectivity index is 0.000000429. The Morgan fingerprint density at radius 1 is 1.09 bits per heavy atom. The highest BCUT2D eigenvalue weighted by atomic mass is 19.4. The van der Waals surface area contributed by atoms with Crippen LogP contribution in [0.5, 0.6) is 0 Å². The highest BCUT2D eigenvalue weighted by Crippen LogP contribution is 2.31. The molecule has 1 aromatic heterocycles. The molecule has 2 saturated heterocycles. The van der Waals surface area contributed by atoms with Crippen molar-refractivity contribution in [3.8, 4) is 0 Å². The van der Waals surface area contributed by atoms with E-state index in [9.17, 15) is 22.0 Å². The first-order valence-electron chi connectivity index (χ1n) is 11.6. The summed E-state index contributed by atoms with van der Waals surface area (Å²) in [5.74, 6) is -3.96. The number of alkyl halides is 5. The molecule has 0 aliphatic carbocycles. The molecule has 7 nitrogen and oxygen atoms in total. The summed E-state index contributed by atoms with van der Waals surface area (Å²) in [4.78, 5) is 22.7. The summed E-state index contributed by atoms with van der Waals surface area (Å²) in [6, 6.07) is 8.87. The van der Waals surface area contributed by atoms with E-state index in [0.29, 0.717) is 18.0 Å². The first-order valence-corrected chi connectivity index (χ1v) is 11.6. The molecule has 4 rings (SSSR count). The van der Waals surface area contributed by atoms with Crippen molar-refractivity contribution in [3.63, 3.8) is 0 Å². The number of aromatic nitrogens is 2. The van der Waals surface area contributed by atoms with Crippen molar-refractivity contribution in [2.75, 3.05) is 36.4 Å². The zero-order valence-electron chi connectivity index (χ0n) is 19.7. The summed E-state index contributed by atoms with van der Waals surface area (Å²) < 4.78 is 58.8. The molecule has 0 saturated carbocycles. The minimum Gasteiger partial charge on any atom is -0.475 e. The van der Waals surface area contributed by atoms with Crippen molar-refractivity contribution in [2.45, 2.75) is 63.7 Å². The van der Waals surface area contributed by atoms with Crippen molar-refractivity contribution in [1.29, 1.82) is 0 Å². The number of halogens is 5. The van der Waals surface area contributed by atoms with Gasteiger partial charge in [0.25, 0.3) is 5.92 Å². The number of aliphatic carboxylic acids is 1. The number of nitrogens with zero attached hydrogens (tertiary/aromatic N) is 4. The highest BCUT2D eigenvalue weighted by molar-refractivity contribution is 5.90. The highest BCUT2D eigenvalue weighted by Gasteiger charge is 2.38. The SMILES string of the molecule is CC(C)N1CCC(Nc2nc(N3CCC(F)(F)CC3)nc3ccccc23)CC1.O=C(O)C(F)(F)F. The lowest BCUT2D eigenvalue weighted by Crippen LogP contribution is -2.42. The Labute approximate surface area is 200 Å². The van der Waals surface area contributed by atoms with E-state index >= 15 is 0 Å². The number of piperidine rings is 2. The van der Waals surface area contributed by atoms with Crippen LogP contribution in [0.1, 0.15) is 39.5 Å². The Kier molecular flexibility index (Phi) is 8.34. The van der Waals surface area contributed by atoms with E-state index in [0.717, 1.165) is 42.7 Å². The van der Waals surface area contributed by atoms with Crippen molar-refractivity contribution in [1.82, 2.24) is 14.9 Å². The number of likely N-dealkylation sites (tertiary alicyclic amines) is 1. The maximum absolute atomic E-state index is 13.5. The number of rotatable bonds is 4. The van der Waals surface area contributed by atoms with Gasteiger partial charge in [0.05, 0.1) is 5.52 Å². The maximum Gasteiger partial charge on any atom is 0.490 e. The lowest BCUT2D eigenvalue weighted by molar-refractivity contribution is -0.192. The Bertz CT molecular complexity index is 999. The molecule has 12 heteroatoms. The van der Waals surface area contributed by atoms with Gasteiger partial charge in [-0.3, -0.25) is 0 Å². The molecular weight excluding hydrogens is 473 g/mol. The number of fused-ring (bicyclic) bond motifs is 1. The molecule has 2 aromatic rings. The number of carbonyl (C=O) groups is 1. The fourth-order valence-electron chi connectivity index (χ4n) is 4.10.